The van der Waals surface area contributed by atoms with Crippen LogP contribution in [0, 0.1) is 11.8 Å². The topological polar surface area (TPSA) is 55.1 Å². The zero-order valence-electron chi connectivity index (χ0n) is 10.5. The number of hydrogen-bond acceptors (Lipinski definition) is 3. The summed E-state index contributed by atoms with van der Waals surface area (Å²) in [6.45, 7) is 2.60. The average Bonchev–Trinajstić information content (AvgIpc) is 2.96. The largest absolute Gasteiger partial charge is 0.349 e. The van der Waals surface area contributed by atoms with Crippen molar-refractivity contribution in [2.45, 2.75) is 32.2 Å². The first-order valence-corrected chi connectivity index (χ1v) is 7.57. The third-order valence-corrected chi connectivity index (χ3v) is 5.09. The Kier molecular flexibility index (Phi) is 4.65. The second-order valence-corrected chi connectivity index (χ2v) is 6.65. The number of hydrogen-bond donors (Lipinski definition) is 2. The van der Waals surface area contributed by atoms with Crippen LogP contribution in [0.3, 0.4) is 0 Å². The Morgan fingerprint density at radius 2 is 2.39 bits per heavy atom. The van der Waals surface area contributed by atoms with Gasteiger partial charge in [-0.05, 0) is 44.4 Å². The molecular formula is C13H19ClN2OS. The number of nitrogens with two attached hydrogens (primary N) is 1. The van der Waals surface area contributed by atoms with E-state index >= 15 is 0 Å². The molecular weight excluding hydrogens is 268 g/mol. The van der Waals surface area contributed by atoms with Gasteiger partial charge >= 0.3 is 0 Å². The lowest BCUT2D eigenvalue weighted by Crippen LogP contribution is -2.36. The second kappa shape index (κ2) is 6.04. The predicted octanol–water partition coefficient (Wildman–Crippen LogP) is 2.95. The first kappa shape index (κ1) is 13.8. The van der Waals surface area contributed by atoms with Gasteiger partial charge < -0.3 is 11.1 Å². The van der Waals surface area contributed by atoms with Crippen LogP contribution >= 0.6 is 22.9 Å². The van der Waals surface area contributed by atoms with Crippen molar-refractivity contribution in [3.8, 4) is 0 Å². The lowest BCUT2D eigenvalue weighted by atomic mass is 9.95. The Morgan fingerprint density at radius 3 is 3.00 bits per heavy atom. The molecule has 3 nitrogen and oxygen atoms in total. The van der Waals surface area contributed by atoms with Crippen molar-refractivity contribution in [1.82, 2.24) is 5.32 Å². The van der Waals surface area contributed by atoms with E-state index in [-0.39, 0.29) is 17.9 Å². The highest BCUT2D eigenvalue weighted by Gasteiger charge is 2.32. The molecule has 0 spiro atoms. The maximum atomic E-state index is 12.2. The van der Waals surface area contributed by atoms with Crippen molar-refractivity contribution in [3.63, 3.8) is 0 Å². The van der Waals surface area contributed by atoms with Crippen LogP contribution in [-0.4, -0.2) is 12.5 Å². The number of carbonyl (C=O) groups excluding carboxylic acids is 1. The van der Waals surface area contributed by atoms with Gasteiger partial charge in [0.2, 0.25) is 5.91 Å². The molecule has 1 aromatic rings. The minimum Gasteiger partial charge on any atom is -0.349 e. The summed E-state index contributed by atoms with van der Waals surface area (Å²) in [5.41, 5.74) is 5.71. The Bertz CT molecular complexity index is 421. The highest BCUT2D eigenvalue weighted by molar-refractivity contribution is 7.16. The van der Waals surface area contributed by atoms with Gasteiger partial charge in [-0.3, -0.25) is 4.79 Å². The summed E-state index contributed by atoms with van der Waals surface area (Å²) in [6, 6.07) is 3.85. The molecule has 1 heterocycles. The van der Waals surface area contributed by atoms with E-state index in [0.29, 0.717) is 12.5 Å². The van der Waals surface area contributed by atoms with Gasteiger partial charge in [0.1, 0.15) is 0 Å². The zero-order valence-corrected chi connectivity index (χ0v) is 12.1. The maximum absolute atomic E-state index is 12.2. The van der Waals surface area contributed by atoms with Gasteiger partial charge in [0.15, 0.2) is 0 Å². The maximum Gasteiger partial charge on any atom is 0.223 e. The molecule has 1 aromatic heterocycles. The number of thiophene rings is 1. The molecule has 0 bridgehead atoms. The van der Waals surface area contributed by atoms with E-state index in [9.17, 15) is 4.79 Å². The van der Waals surface area contributed by atoms with Crippen LogP contribution in [0.25, 0.3) is 0 Å². The first-order chi connectivity index (χ1) is 8.61. The van der Waals surface area contributed by atoms with E-state index in [1.165, 1.54) is 11.3 Å². The molecule has 18 heavy (non-hydrogen) atoms. The van der Waals surface area contributed by atoms with Crippen LogP contribution in [0.4, 0.5) is 0 Å². The summed E-state index contributed by atoms with van der Waals surface area (Å²) in [4.78, 5) is 13.3. The molecule has 5 heteroatoms. The second-order valence-electron chi connectivity index (χ2n) is 4.91. The Balaban J connectivity index is 1.94. The van der Waals surface area contributed by atoms with Gasteiger partial charge in [-0.1, -0.05) is 18.0 Å². The molecule has 2 rings (SSSR count). The van der Waals surface area contributed by atoms with Crippen LogP contribution in [0.15, 0.2) is 12.1 Å². The summed E-state index contributed by atoms with van der Waals surface area (Å²) in [5, 5.41) is 3.07. The molecule has 3 atom stereocenters. The molecule has 1 saturated carbocycles. The third kappa shape index (κ3) is 3.05. The van der Waals surface area contributed by atoms with E-state index in [1.54, 1.807) is 0 Å². The Labute approximate surface area is 117 Å². The lowest BCUT2D eigenvalue weighted by Gasteiger charge is -2.20. The van der Waals surface area contributed by atoms with Crippen LogP contribution in [-0.2, 0) is 4.79 Å². The standard InChI is InChI=1S/C13H19ClN2OS/c1-8(11-5-6-12(14)18-11)16-13(17)10-4-2-3-9(10)7-15/h5-6,8-10H,2-4,7,15H2,1H3,(H,16,17)/t8?,9-,10-/m1/s1. The van der Waals surface area contributed by atoms with Crippen LogP contribution < -0.4 is 11.1 Å². The van der Waals surface area contributed by atoms with Gasteiger partial charge in [0, 0.05) is 10.8 Å². The van der Waals surface area contributed by atoms with E-state index in [1.807, 2.05) is 19.1 Å². The summed E-state index contributed by atoms with van der Waals surface area (Å²) in [5.74, 6) is 0.581. The summed E-state index contributed by atoms with van der Waals surface area (Å²) >= 11 is 7.42. The van der Waals surface area contributed by atoms with Crippen molar-refractivity contribution in [2.24, 2.45) is 17.6 Å². The Morgan fingerprint density at radius 1 is 1.61 bits per heavy atom. The van der Waals surface area contributed by atoms with Gasteiger partial charge in [-0.25, -0.2) is 0 Å². The van der Waals surface area contributed by atoms with Gasteiger partial charge in [0.05, 0.1) is 10.4 Å². The van der Waals surface area contributed by atoms with Crippen LogP contribution in [0.1, 0.15) is 37.1 Å². The SMILES string of the molecule is CC(NC(=O)[C@@H]1CCC[C@@H]1CN)c1ccc(Cl)s1. The Hall–Kier alpha value is -0.580. The molecule has 0 saturated heterocycles. The number of nitrogens with one attached hydrogen (secondary N) is 1. The lowest BCUT2D eigenvalue weighted by molar-refractivity contribution is -0.126. The number of carbonyl (C=O) groups is 1. The third-order valence-electron chi connectivity index (χ3n) is 3.68. The number of rotatable bonds is 4. The zero-order chi connectivity index (χ0) is 13.1. The minimum atomic E-state index is 0.0222. The monoisotopic (exact) mass is 286 g/mol. The van der Waals surface area contributed by atoms with Gasteiger partial charge in [-0.2, -0.15) is 0 Å². The van der Waals surface area contributed by atoms with Crippen molar-refractivity contribution in [3.05, 3.63) is 21.3 Å². The highest BCUT2D eigenvalue weighted by atomic mass is 35.5. The summed E-state index contributed by atoms with van der Waals surface area (Å²) in [7, 11) is 0. The number of halogens is 1. The molecule has 1 aliphatic carbocycles. The quantitative estimate of drug-likeness (QED) is 0.894. The molecule has 3 N–H and O–H groups in total. The molecule has 1 aliphatic rings. The molecule has 1 fully saturated rings. The van der Waals surface area contributed by atoms with Gasteiger partial charge in [0.25, 0.3) is 0 Å². The molecule has 0 aliphatic heterocycles. The fourth-order valence-corrected chi connectivity index (χ4v) is 3.68. The fraction of sp³-hybridized carbons (Fsp3) is 0.615. The summed E-state index contributed by atoms with van der Waals surface area (Å²) < 4.78 is 0.756. The van der Waals surface area contributed by atoms with Crippen LogP contribution in [0.5, 0.6) is 0 Å². The minimum absolute atomic E-state index is 0.0222. The normalized spacial score (nSPS) is 25.1. The van der Waals surface area contributed by atoms with E-state index in [2.05, 4.69) is 5.32 Å². The summed E-state index contributed by atoms with van der Waals surface area (Å²) in [6.07, 6.45) is 3.15. The molecule has 1 unspecified atom stereocenters. The van der Waals surface area contributed by atoms with Crippen molar-refractivity contribution >= 4 is 28.8 Å². The molecule has 0 radical (unpaired) electrons. The highest BCUT2D eigenvalue weighted by Crippen LogP contribution is 2.32. The average molecular weight is 287 g/mol. The van der Waals surface area contributed by atoms with Crippen molar-refractivity contribution in [2.75, 3.05) is 6.54 Å². The van der Waals surface area contributed by atoms with Crippen molar-refractivity contribution < 1.29 is 4.79 Å². The van der Waals surface area contributed by atoms with E-state index in [4.69, 9.17) is 17.3 Å². The fourth-order valence-electron chi connectivity index (χ4n) is 2.62. The van der Waals surface area contributed by atoms with Gasteiger partial charge in [-0.15, -0.1) is 11.3 Å². The molecule has 0 aromatic carbocycles. The number of amides is 1. The predicted molar refractivity (Wildman–Crippen MR) is 75.8 cm³/mol. The smallest absolute Gasteiger partial charge is 0.223 e. The van der Waals surface area contributed by atoms with Crippen LogP contribution in [0.2, 0.25) is 4.34 Å². The van der Waals surface area contributed by atoms with Crippen molar-refractivity contribution in [1.29, 1.82) is 0 Å². The van der Waals surface area contributed by atoms with E-state index < -0.39 is 0 Å². The molecule has 1 amide bonds. The van der Waals surface area contributed by atoms with E-state index in [0.717, 1.165) is 28.5 Å². The first-order valence-electron chi connectivity index (χ1n) is 6.37. The molecule has 100 valence electrons.